The first kappa shape index (κ1) is 16.8. The molecule has 0 aliphatic carbocycles. The van der Waals surface area contributed by atoms with E-state index in [0.29, 0.717) is 0 Å². The fourth-order valence-electron chi connectivity index (χ4n) is 1.46. The van der Waals surface area contributed by atoms with Gasteiger partial charge in [0.1, 0.15) is 12.4 Å². The Bertz CT molecular complexity index is 380. The average Bonchev–Trinajstić information content (AvgIpc) is 2.29. The molecule has 1 aromatic carbocycles. The van der Waals surface area contributed by atoms with Crippen LogP contribution in [0.5, 0.6) is 0 Å². The van der Waals surface area contributed by atoms with E-state index in [9.17, 15) is 9.59 Å². The summed E-state index contributed by atoms with van der Waals surface area (Å²) in [5, 5.41) is 8.52. The quantitative estimate of drug-likeness (QED) is 0.618. The minimum absolute atomic E-state index is 0. The maximum atomic E-state index is 11.4. The van der Waals surface area contributed by atoms with E-state index >= 15 is 0 Å². The van der Waals surface area contributed by atoms with Gasteiger partial charge in [-0.2, -0.15) is 0 Å². The largest absolute Gasteiger partial charge is 2.00 e. The minimum atomic E-state index is -0.555. The summed E-state index contributed by atoms with van der Waals surface area (Å²) >= 11 is 0. The van der Waals surface area contributed by atoms with E-state index in [2.05, 4.69) is 6.92 Å². The van der Waals surface area contributed by atoms with Gasteiger partial charge in [-0.25, -0.2) is 0 Å². The number of carbonyl (C=O) groups excluding carboxylic acids is 2. The van der Waals surface area contributed by atoms with Gasteiger partial charge < -0.3 is 7.96 Å². The van der Waals surface area contributed by atoms with Crippen molar-refractivity contribution in [2.75, 3.05) is 6.61 Å². The molecule has 0 amide bonds. The van der Waals surface area contributed by atoms with Crippen LogP contribution in [0.15, 0.2) is 24.3 Å². The van der Waals surface area contributed by atoms with Crippen LogP contribution in [-0.2, 0) is 22.4 Å². The number of rotatable bonds is 6. The van der Waals surface area contributed by atoms with E-state index < -0.39 is 12.4 Å². The molecule has 0 saturated carbocycles. The molecule has 0 aliphatic rings. The van der Waals surface area contributed by atoms with E-state index in [-0.39, 0.29) is 59.2 Å². The molecule has 0 atom stereocenters. The molecule has 17 heavy (non-hydrogen) atoms. The number of ketones is 2. The van der Waals surface area contributed by atoms with E-state index in [1.54, 1.807) is 0 Å². The molecule has 1 rings (SSSR count). The molecule has 1 aromatic rings. The van der Waals surface area contributed by atoms with Crippen LogP contribution < -0.4 is 0 Å². The summed E-state index contributed by atoms with van der Waals surface area (Å²) < 4.78 is 0. The van der Waals surface area contributed by atoms with Gasteiger partial charge in [-0.15, -0.1) is 0 Å². The smallest absolute Gasteiger partial charge is 1.00 e. The number of benzene rings is 1. The predicted molar refractivity (Wildman–Crippen MR) is 69.2 cm³/mol. The van der Waals surface area contributed by atoms with Crippen molar-refractivity contribution in [1.82, 2.24) is 0 Å². The molecular weight excluding hydrogens is 244 g/mol. The first-order valence-corrected chi connectivity index (χ1v) is 5.37. The summed E-state index contributed by atoms with van der Waals surface area (Å²) in [4.78, 5) is 22.2. The zero-order valence-electron chi connectivity index (χ0n) is 12.1. The number of aliphatic hydroxyl groups is 1. The number of Topliss-reactive ketones (excluding diaryl/α,β-unsaturated/α-hetero) is 2. The molecule has 0 aromatic heterocycles. The average molecular weight is 262 g/mol. The summed E-state index contributed by atoms with van der Waals surface area (Å²) in [6.45, 7) is 1.51. The van der Waals surface area contributed by atoms with Crippen LogP contribution in [0.25, 0.3) is 0 Å². The first-order chi connectivity index (χ1) is 7.65. The maximum absolute atomic E-state index is 11.4. The molecule has 0 bridgehead atoms. The molecule has 4 heteroatoms. The van der Waals surface area contributed by atoms with Crippen LogP contribution in [0.4, 0.5) is 0 Å². The van der Waals surface area contributed by atoms with Gasteiger partial charge in [0.2, 0.25) is 0 Å². The van der Waals surface area contributed by atoms with Crippen molar-refractivity contribution in [2.45, 2.75) is 26.2 Å². The van der Waals surface area contributed by atoms with Gasteiger partial charge in [0.25, 0.3) is 0 Å². The van der Waals surface area contributed by atoms with Crippen molar-refractivity contribution in [3.8, 4) is 0 Å². The van der Waals surface area contributed by atoms with Gasteiger partial charge in [-0.3, -0.25) is 9.59 Å². The van der Waals surface area contributed by atoms with E-state index in [1.165, 1.54) is 5.56 Å². The summed E-state index contributed by atoms with van der Waals surface area (Å²) in [5.41, 5.74) is 2.13. The molecule has 0 unspecified atom stereocenters. The van der Waals surface area contributed by atoms with Crippen LogP contribution in [-0.4, -0.2) is 61.0 Å². The van der Waals surface area contributed by atoms with Crippen molar-refractivity contribution in [1.29, 1.82) is 0 Å². The summed E-state index contributed by atoms with van der Waals surface area (Å²) in [6.07, 6.45) is 1.05. The SMILES string of the molecule is CCc1ccc(CC(=O)CC(=O)CO)cc1.[Ca+2].[H-].[H-]. The maximum Gasteiger partial charge on any atom is 2.00 e. The molecular formula is C13H18CaO3. The topological polar surface area (TPSA) is 54.4 Å². The van der Waals surface area contributed by atoms with Gasteiger partial charge >= 0.3 is 37.7 Å². The molecule has 0 radical (unpaired) electrons. The van der Waals surface area contributed by atoms with E-state index in [1.807, 2.05) is 24.3 Å². The zero-order chi connectivity index (χ0) is 12.0. The van der Waals surface area contributed by atoms with Crippen molar-refractivity contribution in [3.63, 3.8) is 0 Å². The number of carbonyl (C=O) groups is 2. The Morgan fingerprint density at radius 2 is 1.65 bits per heavy atom. The minimum Gasteiger partial charge on any atom is -1.00 e. The van der Waals surface area contributed by atoms with Crippen molar-refractivity contribution < 1.29 is 17.5 Å². The molecule has 0 heterocycles. The third-order valence-corrected chi connectivity index (χ3v) is 2.40. The van der Waals surface area contributed by atoms with Crippen LogP contribution >= 0.6 is 0 Å². The third kappa shape index (κ3) is 6.32. The molecule has 0 fully saturated rings. The fourth-order valence-corrected chi connectivity index (χ4v) is 1.46. The second-order valence-corrected chi connectivity index (χ2v) is 3.76. The zero-order valence-corrected chi connectivity index (χ0v) is 12.3. The molecule has 1 N–H and O–H groups in total. The van der Waals surface area contributed by atoms with Crippen molar-refractivity contribution in [3.05, 3.63) is 35.4 Å². The van der Waals surface area contributed by atoms with E-state index in [0.717, 1.165) is 12.0 Å². The van der Waals surface area contributed by atoms with Gasteiger partial charge in [-0.1, -0.05) is 31.2 Å². The fraction of sp³-hybridized carbons (Fsp3) is 0.385. The Kier molecular flexibility index (Phi) is 8.70. The van der Waals surface area contributed by atoms with Crippen LogP contribution in [0.2, 0.25) is 0 Å². The summed E-state index contributed by atoms with van der Waals surface area (Å²) in [7, 11) is 0. The second kappa shape index (κ2) is 8.81. The van der Waals surface area contributed by atoms with Crippen molar-refractivity contribution >= 4 is 49.3 Å². The van der Waals surface area contributed by atoms with E-state index in [4.69, 9.17) is 5.11 Å². The molecule has 0 aliphatic heterocycles. The molecule has 0 saturated heterocycles. The number of aliphatic hydroxyl groups excluding tert-OH is 1. The second-order valence-electron chi connectivity index (χ2n) is 3.76. The monoisotopic (exact) mass is 262 g/mol. The molecule has 90 valence electrons. The number of aryl methyl sites for hydroxylation is 1. The Balaban J connectivity index is -0.000000853. The van der Waals surface area contributed by atoms with Gasteiger partial charge in [0.15, 0.2) is 5.78 Å². The van der Waals surface area contributed by atoms with Crippen LogP contribution in [0, 0.1) is 0 Å². The third-order valence-electron chi connectivity index (χ3n) is 2.40. The van der Waals surface area contributed by atoms with Crippen LogP contribution in [0.1, 0.15) is 27.3 Å². The number of hydrogen-bond donors (Lipinski definition) is 1. The Labute approximate surface area is 134 Å². The Morgan fingerprint density at radius 3 is 2.12 bits per heavy atom. The van der Waals surface area contributed by atoms with Gasteiger partial charge in [0, 0.05) is 6.42 Å². The number of hydrogen-bond acceptors (Lipinski definition) is 3. The Morgan fingerprint density at radius 1 is 1.12 bits per heavy atom. The summed E-state index contributed by atoms with van der Waals surface area (Å²) in [5.74, 6) is -0.571. The Hall–Kier alpha value is -0.220. The van der Waals surface area contributed by atoms with Gasteiger partial charge in [0.05, 0.1) is 6.42 Å². The standard InChI is InChI=1S/C13H16O3.Ca.2H/c1-2-10-3-5-11(6-4-10)7-12(15)8-13(16)9-14;;;/h3-6,14H,2,7-9H2,1H3;;;/q;+2;2*-1. The van der Waals surface area contributed by atoms with Gasteiger partial charge in [-0.05, 0) is 17.5 Å². The normalized spacial score (nSPS) is 9.53. The summed E-state index contributed by atoms with van der Waals surface area (Å²) in [6, 6.07) is 7.77. The molecule has 3 nitrogen and oxygen atoms in total. The predicted octanol–water partition coefficient (Wildman–Crippen LogP) is 1.16. The van der Waals surface area contributed by atoms with Crippen molar-refractivity contribution in [2.24, 2.45) is 0 Å². The first-order valence-electron chi connectivity index (χ1n) is 5.37. The van der Waals surface area contributed by atoms with Crippen LogP contribution in [0.3, 0.4) is 0 Å². The molecule has 0 spiro atoms.